The third-order valence-corrected chi connectivity index (χ3v) is 3.66. The molecule has 2 rings (SSSR count). The Morgan fingerprint density at radius 2 is 2.05 bits per heavy atom. The van der Waals surface area contributed by atoms with Crippen molar-refractivity contribution in [1.82, 2.24) is 9.48 Å². The van der Waals surface area contributed by atoms with Gasteiger partial charge in [-0.3, -0.25) is 0 Å². The van der Waals surface area contributed by atoms with E-state index in [-0.39, 0.29) is 5.97 Å². The van der Waals surface area contributed by atoms with E-state index in [2.05, 4.69) is 0 Å². The van der Waals surface area contributed by atoms with Crippen molar-refractivity contribution in [2.45, 2.75) is 25.3 Å². The molecule has 0 aromatic heterocycles. The van der Waals surface area contributed by atoms with Gasteiger partial charge in [-0.25, -0.2) is 9.21 Å². The fourth-order valence-corrected chi connectivity index (χ4v) is 2.44. The van der Waals surface area contributed by atoms with E-state index in [1.807, 2.05) is 25.2 Å². The van der Waals surface area contributed by atoms with E-state index in [0.29, 0.717) is 11.6 Å². The lowest BCUT2D eigenvalue weighted by molar-refractivity contribution is -0.108. The van der Waals surface area contributed by atoms with Gasteiger partial charge in [0.25, 0.3) is 0 Å². The van der Waals surface area contributed by atoms with E-state index in [0.717, 1.165) is 32.4 Å². The highest BCUT2D eigenvalue weighted by Gasteiger charge is 2.22. The largest absolute Gasteiger partial charge is 0.364 e. The van der Waals surface area contributed by atoms with E-state index in [4.69, 9.17) is 16.6 Å². The first-order valence-electron chi connectivity index (χ1n) is 6.57. The molecule has 0 unspecified atom stereocenters. The summed E-state index contributed by atoms with van der Waals surface area (Å²) in [5.74, 6) is -0.293. The van der Waals surface area contributed by atoms with E-state index >= 15 is 0 Å². The Bertz CT molecular complexity index is 411. The van der Waals surface area contributed by atoms with Crippen LogP contribution in [0.4, 0.5) is 0 Å². The van der Waals surface area contributed by atoms with Crippen LogP contribution in [0.3, 0.4) is 0 Å². The molecule has 0 N–H and O–H groups in total. The Hall–Kier alpha value is -1.10. The lowest BCUT2D eigenvalue weighted by Crippen LogP contribution is -2.30. The molecule has 0 bridgehead atoms. The molecule has 0 amide bonds. The van der Waals surface area contributed by atoms with E-state index in [9.17, 15) is 4.79 Å². The Balaban J connectivity index is 1.88. The summed E-state index contributed by atoms with van der Waals surface area (Å²) in [5, 5.41) is 1.75. The van der Waals surface area contributed by atoms with Gasteiger partial charge in [-0.1, -0.05) is 18.2 Å². The van der Waals surface area contributed by atoms with Gasteiger partial charge >= 0.3 is 5.97 Å². The highest BCUT2D eigenvalue weighted by Crippen LogP contribution is 2.17. The van der Waals surface area contributed by atoms with Crippen LogP contribution in [-0.4, -0.2) is 41.6 Å². The molecule has 1 atom stereocenters. The van der Waals surface area contributed by atoms with Crippen molar-refractivity contribution in [2.75, 3.05) is 20.1 Å². The normalized spacial score (nSPS) is 21.1. The predicted octanol–water partition coefficient (Wildman–Crippen LogP) is 2.70. The first kappa shape index (κ1) is 14.3. The van der Waals surface area contributed by atoms with Crippen LogP contribution in [0.1, 0.15) is 29.6 Å². The predicted molar refractivity (Wildman–Crippen MR) is 74.7 cm³/mol. The molecule has 1 fully saturated rings. The smallest absolute Gasteiger partial charge is 0.357 e. The van der Waals surface area contributed by atoms with Crippen molar-refractivity contribution in [1.29, 1.82) is 0 Å². The fraction of sp³-hybridized carbons (Fsp3) is 0.500. The SMILES string of the molecule is CN(Cl)[C@H]1CCCN(OC(=O)c2ccccc2)CC1. The molecule has 1 aliphatic rings. The monoisotopic (exact) mass is 282 g/mol. The number of halogens is 1. The van der Waals surface area contributed by atoms with Gasteiger partial charge in [0, 0.05) is 26.2 Å². The third-order valence-electron chi connectivity index (χ3n) is 3.38. The van der Waals surface area contributed by atoms with Crippen LogP contribution in [-0.2, 0) is 4.84 Å². The second-order valence-electron chi connectivity index (χ2n) is 4.78. The Labute approximate surface area is 119 Å². The second kappa shape index (κ2) is 6.89. The molecule has 1 heterocycles. The second-order valence-corrected chi connectivity index (χ2v) is 5.32. The summed E-state index contributed by atoms with van der Waals surface area (Å²) >= 11 is 5.99. The van der Waals surface area contributed by atoms with Gasteiger partial charge in [0.15, 0.2) is 0 Å². The zero-order valence-electron chi connectivity index (χ0n) is 11.1. The molecule has 5 heteroatoms. The maximum absolute atomic E-state index is 11.9. The van der Waals surface area contributed by atoms with Crippen LogP contribution in [0.5, 0.6) is 0 Å². The number of hydroxylamine groups is 2. The number of rotatable bonds is 3. The summed E-state index contributed by atoms with van der Waals surface area (Å²) < 4.78 is 1.72. The molecule has 0 radical (unpaired) electrons. The first-order valence-corrected chi connectivity index (χ1v) is 6.91. The molecule has 1 aliphatic heterocycles. The van der Waals surface area contributed by atoms with Gasteiger partial charge < -0.3 is 4.84 Å². The van der Waals surface area contributed by atoms with E-state index < -0.39 is 0 Å². The summed E-state index contributed by atoms with van der Waals surface area (Å²) in [7, 11) is 1.87. The topological polar surface area (TPSA) is 32.8 Å². The van der Waals surface area contributed by atoms with Crippen LogP contribution in [0.2, 0.25) is 0 Å². The first-order chi connectivity index (χ1) is 9.16. The van der Waals surface area contributed by atoms with E-state index in [1.165, 1.54) is 0 Å². The number of benzene rings is 1. The van der Waals surface area contributed by atoms with E-state index in [1.54, 1.807) is 21.6 Å². The molecular formula is C14H19ClN2O2. The van der Waals surface area contributed by atoms with Gasteiger partial charge in [-0.2, -0.15) is 0 Å². The molecule has 0 spiro atoms. The minimum atomic E-state index is -0.293. The molecule has 4 nitrogen and oxygen atoms in total. The molecule has 1 aromatic rings. The van der Waals surface area contributed by atoms with Gasteiger partial charge in [0.05, 0.1) is 5.56 Å². The van der Waals surface area contributed by atoms with Crippen molar-refractivity contribution < 1.29 is 9.63 Å². The van der Waals surface area contributed by atoms with Crippen molar-refractivity contribution in [3.63, 3.8) is 0 Å². The maximum Gasteiger partial charge on any atom is 0.357 e. The van der Waals surface area contributed by atoms with Gasteiger partial charge in [0.2, 0.25) is 0 Å². The molecule has 0 saturated carbocycles. The summed E-state index contributed by atoms with van der Waals surface area (Å²) in [6, 6.07) is 9.41. The highest BCUT2D eigenvalue weighted by molar-refractivity contribution is 6.13. The number of carbonyl (C=O) groups excluding carboxylic acids is 1. The zero-order valence-corrected chi connectivity index (χ0v) is 11.8. The number of nitrogens with zero attached hydrogens (tertiary/aromatic N) is 2. The van der Waals surface area contributed by atoms with Gasteiger partial charge in [-0.05, 0) is 43.2 Å². The molecule has 0 aliphatic carbocycles. The Kier molecular flexibility index (Phi) is 5.19. The van der Waals surface area contributed by atoms with Crippen molar-refractivity contribution >= 4 is 17.7 Å². The maximum atomic E-state index is 11.9. The minimum absolute atomic E-state index is 0.293. The summed E-state index contributed by atoms with van der Waals surface area (Å²) in [5.41, 5.74) is 0.581. The highest BCUT2D eigenvalue weighted by atomic mass is 35.5. The quantitative estimate of drug-likeness (QED) is 0.798. The Morgan fingerprint density at radius 1 is 1.32 bits per heavy atom. The number of hydrogen-bond acceptors (Lipinski definition) is 4. The summed E-state index contributed by atoms with van der Waals surface area (Å²) in [6.07, 6.45) is 2.91. The molecule has 19 heavy (non-hydrogen) atoms. The van der Waals surface area contributed by atoms with Crippen LogP contribution >= 0.6 is 11.8 Å². The zero-order chi connectivity index (χ0) is 13.7. The standard InChI is InChI=1S/C14H19ClN2O2/c1-16(15)13-8-5-10-17(11-9-13)19-14(18)12-6-3-2-4-7-12/h2-4,6-7,13H,5,8-11H2,1H3/t13-/m0/s1. The summed E-state index contributed by atoms with van der Waals surface area (Å²) in [6.45, 7) is 1.49. The van der Waals surface area contributed by atoms with Crippen molar-refractivity contribution in [2.24, 2.45) is 0 Å². The third kappa shape index (κ3) is 4.20. The van der Waals surface area contributed by atoms with Crippen LogP contribution in [0, 0.1) is 0 Å². The van der Waals surface area contributed by atoms with Crippen molar-refractivity contribution in [3.8, 4) is 0 Å². The number of carbonyl (C=O) groups is 1. The summed E-state index contributed by atoms with van der Waals surface area (Å²) in [4.78, 5) is 17.4. The molecule has 1 aromatic carbocycles. The Morgan fingerprint density at radius 3 is 2.74 bits per heavy atom. The minimum Gasteiger partial charge on any atom is -0.364 e. The van der Waals surface area contributed by atoms with Crippen LogP contribution in [0.15, 0.2) is 30.3 Å². The van der Waals surface area contributed by atoms with Crippen molar-refractivity contribution in [3.05, 3.63) is 35.9 Å². The average molecular weight is 283 g/mol. The number of hydrogen-bond donors (Lipinski definition) is 0. The van der Waals surface area contributed by atoms with Gasteiger partial charge in [-0.15, -0.1) is 5.06 Å². The van der Waals surface area contributed by atoms with Crippen LogP contribution in [0.25, 0.3) is 0 Å². The molecule has 1 saturated heterocycles. The lowest BCUT2D eigenvalue weighted by Gasteiger charge is -2.20. The average Bonchev–Trinajstić information content (AvgIpc) is 2.65. The van der Waals surface area contributed by atoms with Crippen LogP contribution < -0.4 is 0 Å². The molecular weight excluding hydrogens is 264 g/mol. The molecule has 104 valence electrons. The van der Waals surface area contributed by atoms with Gasteiger partial charge in [0.1, 0.15) is 0 Å². The fourth-order valence-electron chi connectivity index (χ4n) is 2.24. The lowest BCUT2D eigenvalue weighted by atomic mass is 10.1.